The summed E-state index contributed by atoms with van der Waals surface area (Å²) in [4.78, 5) is 55.0. The Hall–Kier alpha value is -1.74. The predicted octanol–water partition coefficient (Wildman–Crippen LogP) is 5.71. The second-order valence-electron chi connectivity index (χ2n) is 9.68. The summed E-state index contributed by atoms with van der Waals surface area (Å²) in [5.74, 6) is -3.09. The van der Waals surface area contributed by atoms with Gasteiger partial charge in [0.25, 0.3) is 17.7 Å². The first-order chi connectivity index (χ1) is 17.0. The summed E-state index contributed by atoms with van der Waals surface area (Å²) in [6.45, 7) is 3.43. The van der Waals surface area contributed by atoms with E-state index in [1.807, 2.05) is 6.92 Å². The highest BCUT2D eigenvalue weighted by Crippen LogP contribution is 2.60. The summed E-state index contributed by atoms with van der Waals surface area (Å²) in [5, 5.41) is 2.34. The molecule has 2 aromatic rings. The standard InChI is InChI=1S/C26H22Br2Cl2N2O4/c1-11-3-5-13(6-4-11)23(33)12(2)31(24(34)14-7-8-17(29)18(30)9-14)32-25(35)19-15-10-16(20(19)26(32)36)22(28)21(15)27/h3-9,12,15-16,19-22H,10H2,1-2H3/t12-,15+,16+,19+,20+,21-,22+/m0/s1. The number of ketones is 1. The second kappa shape index (κ2) is 9.53. The maximum Gasteiger partial charge on any atom is 0.273 e. The van der Waals surface area contributed by atoms with Crippen LogP contribution in [0.15, 0.2) is 42.5 Å². The van der Waals surface area contributed by atoms with Crippen molar-refractivity contribution in [3.05, 3.63) is 69.2 Å². The Morgan fingerprint density at radius 1 is 0.917 bits per heavy atom. The van der Waals surface area contributed by atoms with E-state index in [1.165, 1.54) is 25.1 Å². The van der Waals surface area contributed by atoms with Gasteiger partial charge in [-0.3, -0.25) is 19.2 Å². The van der Waals surface area contributed by atoms with Gasteiger partial charge < -0.3 is 0 Å². The molecule has 5 rings (SSSR count). The van der Waals surface area contributed by atoms with E-state index in [0.29, 0.717) is 5.56 Å². The topological polar surface area (TPSA) is 74.8 Å². The maximum atomic E-state index is 13.9. The molecular formula is C26H22Br2Cl2N2O4. The first-order valence-corrected chi connectivity index (χ1v) is 14.2. The first kappa shape index (κ1) is 25.9. The highest BCUT2D eigenvalue weighted by Gasteiger charge is 2.68. The normalized spacial score (nSPS) is 29.4. The van der Waals surface area contributed by atoms with Crippen LogP contribution in [-0.4, -0.2) is 49.2 Å². The Labute approximate surface area is 235 Å². The number of carbonyl (C=O) groups excluding carboxylic acids is 4. The van der Waals surface area contributed by atoms with E-state index in [1.54, 1.807) is 24.3 Å². The number of imide groups is 1. The highest BCUT2D eigenvalue weighted by molar-refractivity contribution is 9.12. The van der Waals surface area contributed by atoms with Gasteiger partial charge in [-0.05, 0) is 50.3 Å². The maximum absolute atomic E-state index is 13.9. The number of halogens is 4. The molecule has 0 aromatic heterocycles. The van der Waals surface area contributed by atoms with Crippen LogP contribution >= 0.6 is 55.1 Å². The molecule has 2 aliphatic carbocycles. The number of nitrogens with zero attached hydrogens (tertiary/aromatic N) is 2. The molecule has 0 spiro atoms. The average molecular weight is 657 g/mol. The van der Waals surface area contributed by atoms with Crippen LogP contribution in [0.1, 0.15) is 39.6 Å². The van der Waals surface area contributed by atoms with Gasteiger partial charge in [-0.1, -0.05) is 84.9 Å². The summed E-state index contributed by atoms with van der Waals surface area (Å²) < 4.78 is 0. The van der Waals surface area contributed by atoms with Gasteiger partial charge in [-0.2, -0.15) is 5.01 Å². The molecule has 3 amide bonds. The van der Waals surface area contributed by atoms with E-state index < -0.39 is 35.6 Å². The zero-order valence-corrected chi connectivity index (χ0v) is 24.0. The minimum Gasteiger partial charge on any atom is -0.292 e. The molecule has 0 unspecified atom stereocenters. The van der Waals surface area contributed by atoms with E-state index in [0.717, 1.165) is 22.0 Å². The van der Waals surface area contributed by atoms with Crippen molar-refractivity contribution in [2.24, 2.45) is 23.7 Å². The van der Waals surface area contributed by atoms with Gasteiger partial charge in [0, 0.05) is 20.8 Å². The van der Waals surface area contributed by atoms with Crippen molar-refractivity contribution >= 4 is 78.6 Å². The second-order valence-corrected chi connectivity index (χ2v) is 12.6. The number of fused-ring (bicyclic) bond motifs is 5. The number of alkyl halides is 2. The van der Waals surface area contributed by atoms with Crippen LogP contribution in [0.3, 0.4) is 0 Å². The number of hydrazine groups is 1. The van der Waals surface area contributed by atoms with E-state index >= 15 is 0 Å². The van der Waals surface area contributed by atoms with Gasteiger partial charge >= 0.3 is 0 Å². The van der Waals surface area contributed by atoms with E-state index in [4.69, 9.17) is 23.2 Å². The van der Waals surface area contributed by atoms with E-state index in [9.17, 15) is 19.2 Å². The molecule has 36 heavy (non-hydrogen) atoms. The van der Waals surface area contributed by atoms with E-state index in [2.05, 4.69) is 31.9 Å². The number of benzene rings is 2. The SMILES string of the molecule is Cc1ccc(C(=O)[C@H](C)N(C(=O)c2ccc(Cl)c(Cl)c2)N2C(=O)[C@@H]3[C@H]4C[C@@H]([C@@H](Br)[C@H]4Br)[C@H]3C2=O)cc1. The molecule has 0 N–H and O–H groups in total. The zero-order chi connectivity index (χ0) is 26.0. The average Bonchev–Trinajstić information content (AvgIpc) is 3.46. The van der Waals surface area contributed by atoms with Crippen molar-refractivity contribution in [1.82, 2.24) is 10.0 Å². The zero-order valence-electron chi connectivity index (χ0n) is 19.3. The lowest BCUT2D eigenvalue weighted by Gasteiger charge is -2.35. The molecule has 1 saturated heterocycles. The van der Waals surface area contributed by atoms with Crippen LogP contribution in [0, 0.1) is 30.6 Å². The quantitative estimate of drug-likeness (QED) is 0.235. The number of amides is 3. The molecular weight excluding hydrogens is 635 g/mol. The van der Waals surface area contributed by atoms with E-state index in [-0.39, 0.29) is 42.9 Å². The van der Waals surface area contributed by atoms with Crippen LogP contribution in [0.4, 0.5) is 0 Å². The van der Waals surface area contributed by atoms with Gasteiger partial charge in [0.15, 0.2) is 5.78 Å². The van der Waals surface area contributed by atoms with Crippen LogP contribution in [0.5, 0.6) is 0 Å². The van der Waals surface area contributed by atoms with Crippen molar-refractivity contribution in [2.75, 3.05) is 0 Å². The Morgan fingerprint density at radius 3 is 1.97 bits per heavy atom. The molecule has 3 fully saturated rings. The highest BCUT2D eigenvalue weighted by atomic mass is 79.9. The van der Waals surface area contributed by atoms with Crippen LogP contribution in [0.25, 0.3) is 0 Å². The van der Waals surface area contributed by atoms with Gasteiger partial charge in [-0.15, -0.1) is 0 Å². The van der Waals surface area contributed by atoms with Crippen molar-refractivity contribution in [2.45, 2.75) is 36.0 Å². The molecule has 2 aromatic carbocycles. The van der Waals surface area contributed by atoms with Crippen molar-refractivity contribution < 1.29 is 19.2 Å². The third-order valence-corrected chi connectivity index (χ3v) is 11.6. The van der Waals surface area contributed by atoms with Crippen molar-refractivity contribution in [3.63, 3.8) is 0 Å². The number of Topliss-reactive ketones (excluding diaryl/α,β-unsaturated/α-hetero) is 1. The van der Waals surface area contributed by atoms with Crippen LogP contribution in [-0.2, 0) is 9.59 Å². The minimum atomic E-state index is -1.13. The summed E-state index contributed by atoms with van der Waals surface area (Å²) in [7, 11) is 0. The van der Waals surface area contributed by atoms with Gasteiger partial charge in [0.1, 0.15) is 6.04 Å². The number of aryl methyl sites for hydroxylation is 1. The summed E-state index contributed by atoms with van der Waals surface area (Å²) in [6, 6.07) is 10.1. The smallest absolute Gasteiger partial charge is 0.273 e. The minimum absolute atomic E-state index is 0.0316. The van der Waals surface area contributed by atoms with Crippen molar-refractivity contribution in [1.29, 1.82) is 0 Å². The van der Waals surface area contributed by atoms with Crippen LogP contribution in [0.2, 0.25) is 10.0 Å². The third-order valence-electron chi connectivity index (χ3n) is 7.64. The Kier molecular flexibility index (Phi) is 6.86. The Morgan fingerprint density at radius 2 is 1.44 bits per heavy atom. The Balaban J connectivity index is 1.56. The molecule has 2 saturated carbocycles. The molecule has 188 valence electrons. The molecule has 6 nitrogen and oxygen atoms in total. The predicted molar refractivity (Wildman–Crippen MR) is 143 cm³/mol. The summed E-state index contributed by atoms with van der Waals surface area (Å²) in [6.07, 6.45) is 0.755. The van der Waals surface area contributed by atoms with Gasteiger partial charge in [0.2, 0.25) is 0 Å². The van der Waals surface area contributed by atoms with Crippen LogP contribution < -0.4 is 0 Å². The van der Waals surface area contributed by atoms with Crippen molar-refractivity contribution in [3.8, 4) is 0 Å². The monoisotopic (exact) mass is 654 g/mol. The fourth-order valence-corrected chi connectivity index (χ4v) is 7.99. The summed E-state index contributed by atoms with van der Waals surface area (Å²) >= 11 is 19.6. The third kappa shape index (κ3) is 3.96. The number of rotatable bonds is 5. The molecule has 2 bridgehead atoms. The Bertz CT molecular complexity index is 1260. The number of hydrogen-bond acceptors (Lipinski definition) is 4. The summed E-state index contributed by atoms with van der Waals surface area (Å²) in [5.41, 5.74) is 1.47. The fourth-order valence-electron chi connectivity index (χ4n) is 5.82. The molecule has 0 radical (unpaired) electrons. The molecule has 1 heterocycles. The molecule has 3 aliphatic rings. The van der Waals surface area contributed by atoms with Gasteiger partial charge in [0.05, 0.1) is 21.9 Å². The lowest BCUT2D eigenvalue weighted by molar-refractivity contribution is -0.157. The molecule has 10 heteroatoms. The lowest BCUT2D eigenvalue weighted by atomic mass is 9.81. The molecule has 7 atom stereocenters. The first-order valence-electron chi connectivity index (χ1n) is 11.6. The fraction of sp³-hybridized carbons (Fsp3) is 0.385. The lowest BCUT2D eigenvalue weighted by Crippen LogP contribution is -2.57. The number of hydrogen-bond donors (Lipinski definition) is 0. The number of carbonyl (C=O) groups is 4. The molecule has 1 aliphatic heterocycles. The largest absolute Gasteiger partial charge is 0.292 e. The van der Waals surface area contributed by atoms with Gasteiger partial charge in [-0.25, -0.2) is 5.01 Å².